The van der Waals surface area contributed by atoms with Gasteiger partial charge in [0.25, 0.3) is 0 Å². The van der Waals surface area contributed by atoms with E-state index in [-0.39, 0.29) is 18.1 Å². The first-order chi connectivity index (χ1) is 13.6. The summed E-state index contributed by atoms with van der Waals surface area (Å²) in [5.74, 6) is 0.296. The van der Waals surface area contributed by atoms with Crippen molar-refractivity contribution in [3.05, 3.63) is 59.2 Å². The van der Waals surface area contributed by atoms with Gasteiger partial charge in [0, 0.05) is 31.9 Å². The molecule has 0 bridgehead atoms. The predicted octanol–water partition coefficient (Wildman–Crippen LogP) is 4.07. The van der Waals surface area contributed by atoms with Gasteiger partial charge in [-0.1, -0.05) is 18.2 Å². The van der Waals surface area contributed by atoms with E-state index in [1.54, 1.807) is 56.3 Å². The number of methoxy groups -OCH3 is 1. The molecule has 0 heterocycles. The Balaban J connectivity index is 2.59. The van der Waals surface area contributed by atoms with Crippen molar-refractivity contribution < 1.29 is 22.7 Å². The van der Waals surface area contributed by atoms with Crippen molar-refractivity contribution in [3.63, 3.8) is 0 Å². The highest BCUT2D eigenvalue weighted by Gasteiger charge is 2.35. The highest BCUT2D eigenvalue weighted by atomic mass is 19.4. The molecule has 1 atom stereocenters. The number of para-hydroxylation sites is 1. The van der Waals surface area contributed by atoms with Gasteiger partial charge in [-0.25, -0.2) is 0 Å². The number of hydrogen-bond donors (Lipinski definition) is 0. The van der Waals surface area contributed by atoms with Crippen LogP contribution in [-0.2, 0) is 17.5 Å². The Labute approximate surface area is 167 Å². The Morgan fingerprint density at radius 3 is 2.41 bits per heavy atom. The highest BCUT2D eigenvalue weighted by Crippen LogP contribution is 2.35. The van der Waals surface area contributed by atoms with Gasteiger partial charge in [0.15, 0.2) is 0 Å². The van der Waals surface area contributed by atoms with Crippen molar-refractivity contribution in [1.29, 1.82) is 5.26 Å². The summed E-state index contributed by atoms with van der Waals surface area (Å²) >= 11 is 0. The monoisotopic (exact) mass is 405 g/mol. The number of halogens is 3. The topological polar surface area (TPSA) is 56.6 Å². The number of anilines is 1. The molecule has 0 aliphatic carbocycles. The van der Waals surface area contributed by atoms with Crippen LogP contribution in [0.15, 0.2) is 42.5 Å². The number of hydrogen-bond acceptors (Lipinski definition) is 4. The molecule has 0 radical (unpaired) electrons. The third kappa shape index (κ3) is 4.99. The van der Waals surface area contributed by atoms with Crippen molar-refractivity contribution in [3.8, 4) is 11.8 Å². The molecule has 0 aromatic heterocycles. The minimum absolute atomic E-state index is 0.147. The van der Waals surface area contributed by atoms with Gasteiger partial charge in [0.05, 0.1) is 24.3 Å². The molecule has 154 valence electrons. The lowest BCUT2D eigenvalue weighted by atomic mass is 10.0. The van der Waals surface area contributed by atoms with Crippen LogP contribution in [0, 0.1) is 11.3 Å². The van der Waals surface area contributed by atoms with Gasteiger partial charge in [-0.3, -0.25) is 4.79 Å². The third-order valence-electron chi connectivity index (χ3n) is 4.56. The Hall–Kier alpha value is -3.21. The molecule has 8 heteroatoms. The predicted molar refractivity (Wildman–Crippen MR) is 103 cm³/mol. The number of carbonyl (C=O) groups is 1. The van der Waals surface area contributed by atoms with E-state index in [0.29, 0.717) is 11.3 Å². The zero-order chi connectivity index (χ0) is 21.8. The number of rotatable bonds is 6. The highest BCUT2D eigenvalue weighted by molar-refractivity contribution is 5.84. The number of carbonyl (C=O) groups excluding carboxylic acids is 1. The zero-order valence-electron chi connectivity index (χ0n) is 16.6. The van der Waals surface area contributed by atoms with Crippen molar-refractivity contribution in [2.24, 2.45) is 0 Å². The molecule has 1 unspecified atom stereocenters. The van der Waals surface area contributed by atoms with Crippen LogP contribution in [-0.4, -0.2) is 38.1 Å². The fourth-order valence-corrected chi connectivity index (χ4v) is 3.02. The molecule has 0 spiro atoms. The molecule has 2 aromatic rings. The number of amides is 1. The fraction of sp³-hybridized carbons (Fsp3) is 0.333. The van der Waals surface area contributed by atoms with E-state index in [0.717, 1.165) is 12.1 Å². The lowest BCUT2D eigenvalue weighted by molar-refractivity contribution is -0.137. The normalized spacial score (nSPS) is 12.1. The maximum absolute atomic E-state index is 13.4. The van der Waals surface area contributed by atoms with Crippen LogP contribution in [0.3, 0.4) is 0 Å². The zero-order valence-corrected chi connectivity index (χ0v) is 16.6. The summed E-state index contributed by atoms with van der Waals surface area (Å²) in [4.78, 5) is 15.5. The molecule has 0 aliphatic rings. The van der Waals surface area contributed by atoms with Gasteiger partial charge in [-0.05, 0) is 31.2 Å². The molecule has 0 saturated carbocycles. The maximum Gasteiger partial charge on any atom is 0.417 e. The van der Waals surface area contributed by atoms with Crippen LogP contribution < -0.4 is 9.64 Å². The molecule has 2 rings (SSSR count). The lowest BCUT2D eigenvalue weighted by Gasteiger charge is -2.33. The number of likely N-dealkylation sites (N-methyl/N-ethyl adjacent to an activating group) is 1. The van der Waals surface area contributed by atoms with Crippen LogP contribution >= 0.6 is 0 Å². The van der Waals surface area contributed by atoms with Gasteiger partial charge >= 0.3 is 6.18 Å². The summed E-state index contributed by atoms with van der Waals surface area (Å²) in [7, 11) is 4.67. The van der Waals surface area contributed by atoms with Gasteiger partial charge in [-0.2, -0.15) is 18.4 Å². The van der Waals surface area contributed by atoms with E-state index >= 15 is 0 Å². The molecular weight excluding hydrogens is 383 g/mol. The third-order valence-corrected chi connectivity index (χ3v) is 4.56. The molecule has 1 amide bonds. The number of benzene rings is 2. The van der Waals surface area contributed by atoms with E-state index in [2.05, 4.69) is 0 Å². The first-order valence-electron chi connectivity index (χ1n) is 8.81. The summed E-state index contributed by atoms with van der Waals surface area (Å²) in [5, 5.41) is 9.04. The molecule has 2 aromatic carbocycles. The Kier molecular flexibility index (Phi) is 6.75. The second kappa shape index (κ2) is 8.86. The van der Waals surface area contributed by atoms with E-state index in [1.165, 1.54) is 18.1 Å². The van der Waals surface area contributed by atoms with Crippen LogP contribution in [0.2, 0.25) is 0 Å². The molecule has 0 saturated heterocycles. The van der Waals surface area contributed by atoms with Gasteiger partial charge in [-0.15, -0.1) is 0 Å². The van der Waals surface area contributed by atoms with Crippen molar-refractivity contribution in [2.75, 3.05) is 26.1 Å². The average molecular weight is 405 g/mol. The lowest BCUT2D eigenvalue weighted by Crippen LogP contribution is -2.44. The first-order valence-corrected chi connectivity index (χ1v) is 8.81. The number of alkyl halides is 3. The Bertz CT molecular complexity index is 920. The second-order valence-electron chi connectivity index (χ2n) is 6.69. The smallest absolute Gasteiger partial charge is 0.417 e. The summed E-state index contributed by atoms with van der Waals surface area (Å²) < 4.78 is 45.7. The van der Waals surface area contributed by atoms with Crippen LogP contribution in [0.4, 0.5) is 18.9 Å². The van der Waals surface area contributed by atoms with Crippen molar-refractivity contribution in [2.45, 2.75) is 25.7 Å². The minimum atomic E-state index is -4.69. The molecular formula is C21H22F3N3O2. The average Bonchev–Trinajstić information content (AvgIpc) is 2.70. The fourth-order valence-electron chi connectivity index (χ4n) is 3.02. The second-order valence-corrected chi connectivity index (χ2v) is 6.69. The molecule has 5 nitrogen and oxygen atoms in total. The number of nitrogens with zero attached hydrogens (tertiary/aromatic N) is 3. The largest absolute Gasteiger partial charge is 0.496 e. The Morgan fingerprint density at radius 2 is 1.86 bits per heavy atom. The molecule has 0 aliphatic heterocycles. The summed E-state index contributed by atoms with van der Waals surface area (Å²) in [5.41, 5.74) is -0.603. The van der Waals surface area contributed by atoms with Gasteiger partial charge in [0.1, 0.15) is 11.8 Å². The van der Waals surface area contributed by atoms with E-state index < -0.39 is 23.3 Å². The molecule has 0 N–H and O–H groups in total. The van der Waals surface area contributed by atoms with Crippen LogP contribution in [0.5, 0.6) is 5.75 Å². The number of ether oxygens (including phenoxy) is 1. The summed E-state index contributed by atoms with van der Waals surface area (Å²) in [6, 6.07) is 11.4. The van der Waals surface area contributed by atoms with E-state index in [4.69, 9.17) is 10.00 Å². The van der Waals surface area contributed by atoms with E-state index in [1.807, 2.05) is 0 Å². The minimum Gasteiger partial charge on any atom is -0.496 e. The van der Waals surface area contributed by atoms with E-state index in [9.17, 15) is 18.0 Å². The van der Waals surface area contributed by atoms with Gasteiger partial charge < -0.3 is 14.5 Å². The van der Waals surface area contributed by atoms with Crippen LogP contribution in [0.1, 0.15) is 23.6 Å². The maximum atomic E-state index is 13.4. The van der Waals surface area contributed by atoms with Crippen molar-refractivity contribution in [1.82, 2.24) is 4.90 Å². The first kappa shape index (κ1) is 22.1. The molecule has 29 heavy (non-hydrogen) atoms. The standard InChI is InChI=1S/C21H22F3N3O2/c1-14(20(28)26(2)3)27(13-16-7-5-6-8-19(16)29-4)17-10-9-15(12-25)18(11-17)21(22,23)24/h5-11,14H,13H2,1-4H3. The van der Waals surface area contributed by atoms with Crippen molar-refractivity contribution >= 4 is 11.6 Å². The van der Waals surface area contributed by atoms with Crippen LogP contribution in [0.25, 0.3) is 0 Å². The summed E-state index contributed by atoms with van der Waals surface area (Å²) in [6.45, 7) is 1.77. The molecule has 0 fully saturated rings. The number of nitriles is 1. The Morgan fingerprint density at radius 1 is 1.21 bits per heavy atom. The summed E-state index contributed by atoms with van der Waals surface area (Å²) in [6.07, 6.45) is -4.69. The SMILES string of the molecule is COc1ccccc1CN(c1ccc(C#N)c(C(F)(F)F)c1)C(C)C(=O)N(C)C. The quantitative estimate of drug-likeness (QED) is 0.727. The van der Waals surface area contributed by atoms with Gasteiger partial charge in [0.2, 0.25) is 5.91 Å².